The molecule has 0 aromatic heterocycles. The number of carbonyl (C=O) groups excluding carboxylic acids is 2. The number of esters is 2. The van der Waals surface area contributed by atoms with Gasteiger partial charge in [0.25, 0.3) is 0 Å². The number of hydrogen-bond donors (Lipinski definition) is 0. The van der Waals surface area contributed by atoms with Crippen LogP contribution in [0.2, 0.25) is 0 Å². The van der Waals surface area contributed by atoms with Crippen LogP contribution < -0.4 is 0 Å². The molecule has 2 heterocycles. The fraction of sp³-hybridized carbons (Fsp3) is 0.941. The van der Waals surface area contributed by atoms with E-state index in [-0.39, 0.29) is 29.6 Å². The minimum Gasteiger partial charge on any atom is -0.461 e. The number of fused-ring (bicyclic) bond motifs is 5. The lowest BCUT2D eigenvalue weighted by atomic mass is 9.44. The number of likely N-dealkylation sites (tertiary alicyclic amines) is 2. The summed E-state index contributed by atoms with van der Waals surface area (Å²) in [5.41, 5.74) is 0.377. The molecule has 10 atom stereocenters. The maximum Gasteiger partial charge on any atom is 0.303 e. The molecule has 6 nitrogen and oxygen atoms in total. The fourth-order valence-electron chi connectivity index (χ4n) is 11.7. The van der Waals surface area contributed by atoms with Crippen molar-refractivity contribution < 1.29 is 23.5 Å². The molecule has 6 fully saturated rings. The lowest BCUT2D eigenvalue weighted by Crippen LogP contribution is -2.61. The van der Waals surface area contributed by atoms with Gasteiger partial charge in [0.1, 0.15) is 12.1 Å². The van der Waals surface area contributed by atoms with Gasteiger partial charge >= 0.3 is 11.9 Å². The first-order chi connectivity index (χ1) is 19.0. The highest BCUT2D eigenvalue weighted by Gasteiger charge is 2.67. The van der Waals surface area contributed by atoms with E-state index in [0.717, 1.165) is 29.9 Å². The van der Waals surface area contributed by atoms with Crippen molar-refractivity contribution in [2.24, 2.45) is 34.5 Å². The summed E-state index contributed by atoms with van der Waals surface area (Å²) in [5.74, 6) is 2.50. The minimum atomic E-state index is -0.111. The van der Waals surface area contributed by atoms with Crippen LogP contribution in [0, 0.1) is 34.5 Å². The van der Waals surface area contributed by atoms with Gasteiger partial charge in [-0.25, -0.2) is 0 Å². The number of ether oxygens (including phenoxy) is 2. The summed E-state index contributed by atoms with van der Waals surface area (Å²) in [6.07, 6.45) is 16.3. The van der Waals surface area contributed by atoms with Crippen molar-refractivity contribution in [3.63, 3.8) is 0 Å². The van der Waals surface area contributed by atoms with Crippen molar-refractivity contribution in [2.75, 3.05) is 33.2 Å². The van der Waals surface area contributed by atoms with Gasteiger partial charge in [0.15, 0.2) is 6.10 Å². The molecule has 6 heteroatoms. The Labute approximate surface area is 243 Å². The van der Waals surface area contributed by atoms with E-state index >= 15 is 0 Å². The van der Waals surface area contributed by atoms with Crippen LogP contribution in [-0.2, 0) is 19.1 Å². The summed E-state index contributed by atoms with van der Waals surface area (Å²) >= 11 is 0. The van der Waals surface area contributed by atoms with Gasteiger partial charge in [0.05, 0.1) is 20.1 Å². The van der Waals surface area contributed by atoms with Gasteiger partial charge in [-0.2, -0.15) is 0 Å². The predicted molar refractivity (Wildman–Crippen MR) is 156 cm³/mol. The standard InChI is InChI=1S/C34H57N2O4/c1-23(37)39-31-20-25-12-13-26-27(34(25,4)22-29(31)35-16-8-6-9-17-35)14-15-33(3)28(26)21-30(32(33)40-24(2)38)36(5)18-10-7-11-19-36/h25-32H,6-22H2,1-5H3/q+1/t25-,26-,27+,28+,29+,30+,31+,32+,33+,34+/m1/s1. The molecule has 0 radical (unpaired) electrons. The van der Waals surface area contributed by atoms with Crippen LogP contribution >= 0.6 is 0 Å². The number of likely N-dealkylation sites (N-methyl/N-ethyl adjacent to an activating group) is 1. The van der Waals surface area contributed by atoms with E-state index in [2.05, 4.69) is 25.8 Å². The molecule has 4 saturated carbocycles. The number of hydrogen-bond acceptors (Lipinski definition) is 5. The van der Waals surface area contributed by atoms with E-state index in [1.807, 2.05) is 0 Å². The molecule has 0 aromatic rings. The van der Waals surface area contributed by atoms with E-state index in [1.54, 1.807) is 13.8 Å². The van der Waals surface area contributed by atoms with Crippen LogP contribution in [0.15, 0.2) is 0 Å². The first-order valence-corrected chi connectivity index (χ1v) is 17.0. The molecule has 0 aromatic carbocycles. The minimum absolute atomic E-state index is 0.0466. The third kappa shape index (κ3) is 4.85. The van der Waals surface area contributed by atoms with Crippen LogP contribution in [0.3, 0.4) is 0 Å². The molecule has 0 unspecified atom stereocenters. The van der Waals surface area contributed by atoms with E-state index in [1.165, 1.54) is 90.1 Å². The second kappa shape index (κ2) is 10.8. The van der Waals surface area contributed by atoms with E-state index in [0.29, 0.717) is 35.3 Å². The van der Waals surface area contributed by atoms with Gasteiger partial charge in [-0.1, -0.05) is 20.3 Å². The summed E-state index contributed by atoms with van der Waals surface area (Å²) in [4.78, 5) is 27.4. The normalized spacial score (nSPS) is 46.9. The average molecular weight is 558 g/mol. The maximum atomic E-state index is 12.5. The number of carbonyl (C=O) groups is 2. The average Bonchev–Trinajstić information content (AvgIpc) is 3.21. The Morgan fingerprint density at radius 1 is 0.800 bits per heavy atom. The van der Waals surface area contributed by atoms with Gasteiger partial charge in [-0.05, 0) is 113 Å². The third-order valence-electron chi connectivity index (χ3n) is 13.7. The lowest BCUT2D eigenvalue weighted by Gasteiger charge is -2.62. The fourth-order valence-corrected chi connectivity index (χ4v) is 11.7. The van der Waals surface area contributed by atoms with Gasteiger partial charge in [-0.3, -0.25) is 14.5 Å². The number of nitrogens with zero attached hydrogens (tertiary/aromatic N) is 2. The summed E-state index contributed by atoms with van der Waals surface area (Å²) in [5, 5.41) is 0. The second-order valence-corrected chi connectivity index (χ2v) is 15.8. The number of quaternary nitrogens is 1. The van der Waals surface area contributed by atoms with Crippen LogP contribution in [0.1, 0.15) is 111 Å². The molecule has 0 N–H and O–H groups in total. The zero-order valence-electron chi connectivity index (χ0n) is 26.2. The van der Waals surface area contributed by atoms with Crippen LogP contribution in [0.4, 0.5) is 0 Å². The summed E-state index contributed by atoms with van der Waals surface area (Å²) in [6, 6.07) is 0.796. The Morgan fingerprint density at radius 2 is 1.48 bits per heavy atom. The van der Waals surface area contributed by atoms with Crippen molar-refractivity contribution in [3.8, 4) is 0 Å². The quantitative estimate of drug-likeness (QED) is 0.315. The Morgan fingerprint density at radius 3 is 2.15 bits per heavy atom. The Kier molecular flexibility index (Phi) is 7.85. The Bertz CT molecular complexity index is 958. The molecule has 226 valence electrons. The molecule has 0 bridgehead atoms. The highest BCUT2D eigenvalue weighted by Crippen LogP contribution is 2.67. The summed E-state index contributed by atoms with van der Waals surface area (Å²) < 4.78 is 13.5. The molecule has 2 aliphatic heterocycles. The second-order valence-electron chi connectivity index (χ2n) is 15.8. The van der Waals surface area contributed by atoms with Crippen LogP contribution in [0.25, 0.3) is 0 Å². The summed E-state index contributed by atoms with van der Waals surface area (Å²) in [7, 11) is 2.47. The van der Waals surface area contributed by atoms with E-state index < -0.39 is 0 Å². The molecular weight excluding hydrogens is 500 g/mol. The molecule has 6 rings (SSSR count). The molecule has 40 heavy (non-hydrogen) atoms. The van der Waals surface area contributed by atoms with E-state index in [4.69, 9.17) is 9.47 Å². The first kappa shape index (κ1) is 29.0. The van der Waals surface area contributed by atoms with Crippen LogP contribution in [-0.4, -0.2) is 78.8 Å². The Balaban J connectivity index is 1.29. The zero-order chi connectivity index (χ0) is 28.3. The van der Waals surface area contributed by atoms with Gasteiger partial charge in [-0.15, -0.1) is 0 Å². The molecule has 4 aliphatic carbocycles. The molecular formula is C34H57N2O4+. The first-order valence-electron chi connectivity index (χ1n) is 17.0. The van der Waals surface area contributed by atoms with E-state index in [9.17, 15) is 9.59 Å². The molecule has 0 amide bonds. The third-order valence-corrected chi connectivity index (χ3v) is 13.7. The summed E-state index contributed by atoms with van der Waals surface area (Å²) in [6.45, 7) is 13.1. The van der Waals surface area contributed by atoms with Gasteiger partial charge < -0.3 is 14.0 Å². The largest absolute Gasteiger partial charge is 0.461 e. The molecule has 0 spiro atoms. The zero-order valence-corrected chi connectivity index (χ0v) is 26.2. The molecule has 6 aliphatic rings. The smallest absolute Gasteiger partial charge is 0.303 e. The molecule has 2 saturated heterocycles. The number of piperidine rings is 2. The monoisotopic (exact) mass is 557 g/mol. The van der Waals surface area contributed by atoms with Gasteiger partial charge in [0, 0.05) is 31.7 Å². The lowest BCUT2D eigenvalue weighted by molar-refractivity contribution is -0.940. The highest BCUT2D eigenvalue weighted by molar-refractivity contribution is 5.66. The topological polar surface area (TPSA) is 55.8 Å². The Hall–Kier alpha value is -1.14. The SMILES string of the molecule is CC(=O)O[C@H]1C[C@H]2CC[C@@H]3[C@H](CC[C@@]4(C)[C@H]3C[C@H]([N+]3(C)CCCCC3)[C@@H]4OC(C)=O)[C@@]2(C)C[C@@H]1N1CCCCC1. The van der Waals surface area contributed by atoms with Gasteiger partial charge in [0.2, 0.25) is 0 Å². The van der Waals surface area contributed by atoms with Crippen molar-refractivity contribution in [3.05, 3.63) is 0 Å². The van der Waals surface area contributed by atoms with Crippen LogP contribution in [0.5, 0.6) is 0 Å². The van der Waals surface area contributed by atoms with Crippen molar-refractivity contribution in [1.29, 1.82) is 0 Å². The number of rotatable bonds is 4. The van der Waals surface area contributed by atoms with Crippen molar-refractivity contribution in [2.45, 2.75) is 135 Å². The predicted octanol–water partition coefficient (Wildman–Crippen LogP) is 5.97. The highest BCUT2D eigenvalue weighted by atomic mass is 16.5. The van der Waals surface area contributed by atoms with Crippen molar-refractivity contribution >= 4 is 11.9 Å². The maximum absolute atomic E-state index is 12.5. The van der Waals surface area contributed by atoms with Crippen molar-refractivity contribution in [1.82, 2.24) is 4.90 Å².